The van der Waals surface area contributed by atoms with Crippen molar-refractivity contribution in [1.29, 1.82) is 0 Å². The van der Waals surface area contributed by atoms with Gasteiger partial charge in [0.15, 0.2) is 22.5 Å². The molecule has 0 unspecified atom stereocenters. The highest BCUT2D eigenvalue weighted by Crippen LogP contribution is 2.24. The van der Waals surface area contributed by atoms with Crippen molar-refractivity contribution >= 4 is 23.2 Å². The lowest BCUT2D eigenvalue weighted by Crippen LogP contribution is -2.04. The van der Waals surface area contributed by atoms with Gasteiger partial charge in [-0.15, -0.1) is 10.2 Å². The van der Waals surface area contributed by atoms with Gasteiger partial charge in [-0.25, -0.2) is 0 Å². The molecule has 0 fully saturated rings. The summed E-state index contributed by atoms with van der Waals surface area (Å²) in [7, 11) is 1.78. The smallest absolute Gasteiger partial charge is 0.270 e. The molecule has 0 saturated carbocycles. The van der Waals surface area contributed by atoms with Crippen molar-refractivity contribution in [2.45, 2.75) is 5.16 Å². The van der Waals surface area contributed by atoms with E-state index in [2.05, 4.69) is 10.2 Å². The lowest BCUT2D eigenvalue weighted by Gasteiger charge is -2.02. The quantitative estimate of drug-likeness (QED) is 0.293. The largest absolute Gasteiger partial charge is 0.461 e. The number of ketones is 1. The lowest BCUT2D eigenvalue weighted by atomic mass is 10.1. The van der Waals surface area contributed by atoms with Gasteiger partial charge >= 0.3 is 0 Å². The van der Waals surface area contributed by atoms with E-state index in [1.54, 1.807) is 36.1 Å². The van der Waals surface area contributed by atoms with E-state index >= 15 is 0 Å². The van der Waals surface area contributed by atoms with Gasteiger partial charge < -0.3 is 8.98 Å². The minimum Gasteiger partial charge on any atom is -0.461 e. The van der Waals surface area contributed by atoms with E-state index < -0.39 is 4.92 Å². The molecule has 0 atom stereocenters. The monoisotopic (exact) mass is 344 g/mol. The number of nitro benzene ring substituents is 1. The first kappa shape index (κ1) is 15.9. The minimum atomic E-state index is -0.526. The van der Waals surface area contributed by atoms with Crippen LogP contribution in [0.15, 0.2) is 52.2 Å². The van der Waals surface area contributed by atoms with E-state index in [1.165, 1.54) is 30.0 Å². The molecule has 0 amide bonds. The number of benzene rings is 1. The second-order valence-electron chi connectivity index (χ2n) is 4.86. The van der Waals surface area contributed by atoms with Crippen LogP contribution >= 0.6 is 11.8 Å². The Hall–Kier alpha value is -2.94. The van der Waals surface area contributed by atoms with Crippen LogP contribution in [0.2, 0.25) is 0 Å². The number of rotatable bonds is 6. The Bertz CT molecular complexity index is 889. The maximum Gasteiger partial charge on any atom is 0.270 e. The zero-order valence-corrected chi connectivity index (χ0v) is 13.4. The van der Waals surface area contributed by atoms with Crippen LogP contribution < -0.4 is 0 Å². The van der Waals surface area contributed by atoms with Crippen molar-refractivity contribution in [3.63, 3.8) is 0 Å². The Morgan fingerprint density at radius 3 is 2.88 bits per heavy atom. The lowest BCUT2D eigenvalue weighted by molar-refractivity contribution is -0.384. The molecule has 0 saturated heterocycles. The van der Waals surface area contributed by atoms with Gasteiger partial charge in [-0.2, -0.15) is 0 Å². The Morgan fingerprint density at radius 1 is 1.33 bits per heavy atom. The van der Waals surface area contributed by atoms with Crippen molar-refractivity contribution in [2.24, 2.45) is 7.05 Å². The summed E-state index contributed by atoms with van der Waals surface area (Å²) >= 11 is 1.21. The molecular weight excluding hydrogens is 332 g/mol. The van der Waals surface area contributed by atoms with E-state index in [1.807, 2.05) is 0 Å². The van der Waals surface area contributed by atoms with Crippen LogP contribution in [0, 0.1) is 10.1 Å². The van der Waals surface area contributed by atoms with Crippen LogP contribution in [-0.4, -0.2) is 31.2 Å². The standard InChI is InChI=1S/C15H12N4O4S/c1-18-14(13-6-3-7-23-13)16-17-15(18)24-9-12(20)10-4-2-5-11(8-10)19(21)22/h2-8H,9H2,1H3. The zero-order valence-electron chi connectivity index (χ0n) is 12.6. The first-order valence-corrected chi connectivity index (χ1v) is 7.88. The molecule has 0 bridgehead atoms. The van der Waals surface area contributed by atoms with Gasteiger partial charge in [-0.3, -0.25) is 14.9 Å². The summed E-state index contributed by atoms with van der Waals surface area (Å²) in [5, 5.41) is 19.4. The van der Waals surface area contributed by atoms with Gasteiger partial charge in [0.25, 0.3) is 5.69 Å². The van der Waals surface area contributed by atoms with E-state index in [9.17, 15) is 14.9 Å². The summed E-state index contributed by atoms with van der Waals surface area (Å²) in [5.74, 6) is 1.03. The molecule has 24 heavy (non-hydrogen) atoms. The second-order valence-corrected chi connectivity index (χ2v) is 5.80. The normalized spacial score (nSPS) is 10.7. The van der Waals surface area contributed by atoms with Gasteiger partial charge in [0.05, 0.1) is 16.9 Å². The number of Topliss-reactive ketones (excluding diaryl/α,β-unsaturated/α-hetero) is 1. The molecule has 8 nitrogen and oxygen atoms in total. The third kappa shape index (κ3) is 3.20. The fraction of sp³-hybridized carbons (Fsp3) is 0.133. The molecule has 0 spiro atoms. The van der Waals surface area contributed by atoms with Crippen LogP contribution in [0.1, 0.15) is 10.4 Å². The van der Waals surface area contributed by atoms with Gasteiger partial charge in [-0.1, -0.05) is 23.9 Å². The van der Waals surface area contributed by atoms with Crippen LogP contribution in [0.4, 0.5) is 5.69 Å². The van der Waals surface area contributed by atoms with Crippen molar-refractivity contribution in [3.8, 4) is 11.6 Å². The maximum absolute atomic E-state index is 12.2. The molecule has 0 radical (unpaired) electrons. The summed E-state index contributed by atoms with van der Waals surface area (Å²) in [6.45, 7) is 0. The molecule has 0 aliphatic heterocycles. The first-order valence-electron chi connectivity index (χ1n) is 6.90. The van der Waals surface area contributed by atoms with Crippen LogP contribution in [-0.2, 0) is 7.05 Å². The highest BCUT2D eigenvalue weighted by atomic mass is 32.2. The van der Waals surface area contributed by atoms with Crippen LogP contribution in [0.25, 0.3) is 11.6 Å². The van der Waals surface area contributed by atoms with Gasteiger partial charge in [0, 0.05) is 24.7 Å². The zero-order chi connectivity index (χ0) is 17.1. The summed E-state index contributed by atoms with van der Waals surface area (Å²) in [5.41, 5.74) is 0.190. The average molecular weight is 344 g/mol. The number of furan rings is 1. The number of non-ortho nitro benzene ring substituents is 1. The molecule has 2 aromatic heterocycles. The van der Waals surface area contributed by atoms with Gasteiger partial charge in [0.2, 0.25) is 0 Å². The number of aromatic nitrogens is 3. The van der Waals surface area contributed by atoms with E-state index in [0.717, 1.165) is 0 Å². The molecular formula is C15H12N4O4S. The molecule has 0 aliphatic carbocycles. The van der Waals surface area contributed by atoms with Crippen molar-refractivity contribution in [3.05, 3.63) is 58.3 Å². The second kappa shape index (κ2) is 6.67. The van der Waals surface area contributed by atoms with Crippen molar-refractivity contribution in [1.82, 2.24) is 14.8 Å². The number of thioether (sulfide) groups is 1. The number of carbonyl (C=O) groups excluding carboxylic acids is 1. The number of hydrogen-bond donors (Lipinski definition) is 0. The van der Waals surface area contributed by atoms with E-state index in [-0.39, 0.29) is 17.2 Å². The van der Waals surface area contributed by atoms with Crippen molar-refractivity contribution < 1.29 is 14.1 Å². The third-order valence-corrected chi connectivity index (χ3v) is 4.31. The summed E-state index contributed by atoms with van der Waals surface area (Å²) in [4.78, 5) is 22.5. The fourth-order valence-electron chi connectivity index (χ4n) is 2.07. The summed E-state index contributed by atoms with van der Waals surface area (Å²) in [6, 6.07) is 9.19. The third-order valence-electron chi connectivity index (χ3n) is 3.29. The predicted octanol–water partition coefficient (Wildman–Crippen LogP) is 2.96. The Labute approximate surface area is 140 Å². The fourth-order valence-corrected chi connectivity index (χ4v) is 2.87. The topological polar surface area (TPSA) is 104 Å². The van der Waals surface area contributed by atoms with Crippen LogP contribution in [0.5, 0.6) is 0 Å². The highest BCUT2D eigenvalue weighted by molar-refractivity contribution is 7.99. The molecule has 0 N–H and O–H groups in total. The predicted molar refractivity (Wildman–Crippen MR) is 86.9 cm³/mol. The Morgan fingerprint density at radius 2 is 2.17 bits per heavy atom. The Kier molecular flexibility index (Phi) is 4.43. The maximum atomic E-state index is 12.2. The number of nitro groups is 1. The average Bonchev–Trinajstić information content (AvgIpc) is 3.22. The molecule has 2 heterocycles. The van der Waals surface area contributed by atoms with E-state index in [0.29, 0.717) is 22.3 Å². The first-order chi connectivity index (χ1) is 11.6. The minimum absolute atomic E-state index is 0.102. The molecule has 9 heteroatoms. The number of hydrogen-bond acceptors (Lipinski definition) is 7. The highest BCUT2D eigenvalue weighted by Gasteiger charge is 2.16. The summed E-state index contributed by atoms with van der Waals surface area (Å²) < 4.78 is 7.01. The molecule has 122 valence electrons. The summed E-state index contributed by atoms with van der Waals surface area (Å²) in [6.07, 6.45) is 1.54. The molecule has 1 aromatic carbocycles. The molecule has 3 rings (SSSR count). The number of nitrogens with zero attached hydrogens (tertiary/aromatic N) is 4. The van der Waals surface area contributed by atoms with E-state index in [4.69, 9.17) is 4.42 Å². The SMILES string of the molecule is Cn1c(SCC(=O)c2cccc([N+](=O)[O-])c2)nnc1-c1ccco1. The molecule has 0 aliphatic rings. The van der Waals surface area contributed by atoms with Crippen LogP contribution in [0.3, 0.4) is 0 Å². The van der Waals surface area contributed by atoms with Crippen molar-refractivity contribution in [2.75, 3.05) is 5.75 Å². The van der Waals surface area contributed by atoms with Gasteiger partial charge in [0.1, 0.15) is 0 Å². The molecule has 3 aromatic rings. The number of carbonyl (C=O) groups is 1. The van der Waals surface area contributed by atoms with Gasteiger partial charge in [-0.05, 0) is 12.1 Å². The Balaban J connectivity index is 1.71.